The summed E-state index contributed by atoms with van der Waals surface area (Å²) in [5.74, 6) is 1.48. The molecule has 4 heterocycles. The van der Waals surface area contributed by atoms with Gasteiger partial charge in [0, 0.05) is 24.0 Å². The lowest BCUT2D eigenvalue weighted by molar-refractivity contribution is 1.11. The summed E-state index contributed by atoms with van der Waals surface area (Å²) in [6, 6.07) is 5.84. The first-order valence-corrected chi connectivity index (χ1v) is 8.04. The molecule has 0 atom stereocenters. The van der Waals surface area contributed by atoms with E-state index in [-0.39, 0.29) is 17.0 Å². The van der Waals surface area contributed by atoms with E-state index in [1.807, 2.05) is 48.0 Å². The second-order valence-electron chi connectivity index (χ2n) is 5.22. The zero-order valence-electron chi connectivity index (χ0n) is 13.1. The molecule has 0 radical (unpaired) electrons. The molecule has 0 spiro atoms. The maximum atomic E-state index is 4.67. The second kappa shape index (κ2) is 6.66. The summed E-state index contributed by atoms with van der Waals surface area (Å²) in [4.78, 5) is 17.7. The third kappa shape index (κ3) is 3.02. The number of rotatable bonds is 3. The van der Waals surface area contributed by atoms with Crippen LogP contribution in [0.2, 0.25) is 0 Å². The maximum Gasteiger partial charge on any atom is 0.234 e. The van der Waals surface area contributed by atoms with Crippen molar-refractivity contribution >= 4 is 45.0 Å². The summed E-state index contributed by atoms with van der Waals surface area (Å²) < 4.78 is 1.96. The molecule has 0 amide bonds. The highest BCUT2D eigenvalue weighted by molar-refractivity contribution is 8.93. The highest BCUT2D eigenvalue weighted by Crippen LogP contribution is 2.29. The van der Waals surface area contributed by atoms with E-state index in [1.165, 1.54) is 0 Å². The standard InChI is InChI=1S/C16H14N6S.BrH/c1-10-4-6-17-13(8-10)21-16-20-12(9-23-16)14-11(2)19-15-18-5-3-7-22(14)15;/h3-9H,1-2H3,(H,17,20,21);1H. The number of imidazole rings is 1. The lowest BCUT2D eigenvalue weighted by Crippen LogP contribution is -1.94. The average molecular weight is 403 g/mol. The summed E-state index contributed by atoms with van der Waals surface area (Å²) in [6.45, 7) is 4.01. The third-order valence-electron chi connectivity index (χ3n) is 3.48. The molecule has 0 aliphatic heterocycles. The quantitative estimate of drug-likeness (QED) is 0.556. The molecule has 0 aromatic carbocycles. The highest BCUT2D eigenvalue weighted by atomic mass is 79.9. The molecule has 0 saturated carbocycles. The number of fused-ring (bicyclic) bond motifs is 1. The molecular formula is C16H15BrN6S. The number of hydrogen-bond donors (Lipinski definition) is 1. The van der Waals surface area contributed by atoms with Gasteiger partial charge in [-0.1, -0.05) is 0 Å². The molecule has 0 bridgehead atoms. The van der Waals surface area contributed by atoms with Gasteiger partial charge < -0.3 is 5.32 Å². The van der Waals surface area contributed by atoms with E-state index in [0.717, 1.165) is 33.6 Å². The van der Waals surface area contributed by atoms with Gasteiger partial charge in [-0.3, -0.25) is 4.40 Å². The first kappa shape index (κ1) is 16.5. The number of nitrogens with one attached hydrogen (secondary N) is 1. The Labute approximate surface area is 153 Å². The van der Waals surface area contributed by atoms with Gasteiger partial charge in [0.15, 0.2) is 5.13 Å². The number of aryl methyl sites for hydroxylation is 2. The van der Waals surface area contributed by atoms with Crippen molar-refractivity contribution in [2.24, 2.45) is 0 Å². The van der Waals surface area contributed by atoms with Crippen molar-refractivity contribution in [3.05, 3.63) is 53.4 Å². The largest absolute Gasteiger partial charge is 0.316 e. The molecule has 0 unspecified atom stereocenters. The van der Waals surface area contributed by atoms with E-state index >= 15 is 0 Å². The Kier molecular flexibility index (Phi) is 4.59. The average Bonchev–Trinajstić information content (AvgIpc) is 3.10. The van der Waals surface area contributed by atoms with Gasteiger partial charge in [-0.05, 0) is 37.6 Å². The first-order valence-electron chi connectivity index (χ1n) is 7.16. The van der Waals surface area contributed by atoms with Crippen molar-refractivity contribution in [1.82, 2.24) is 24.3 Å². The normalized spacial score (nSPS) is 10.6. The summed E-state index contributed by atoms with van der Waals surface area (Å²) >= 11 is 1.54. The van der Waals surface area contributed by atoms with Gasteiger partial charge in [-0.15, -0.1) is 28.3 Å². The van der Waals surface area contributed by atoms with Crippen LogP contribution >= 0.6 is 28.3 Å². The molecule has 4 aromatic heterocycles. The van der Waals surface area contributed by atoms with Crippen LogP contribution in [0.5, 0.6) is 0 Å². The van der Waals surface area contributed by atoms with Crippen molar-refractivity contribution in [2.75, 3.05) is 5.32 Å². The van der Waals surface area contributed by atoms with E-state index in [9.17, 15) is 0 Å². The minimum absolute atomic E-state index is 0. The number of nitrogens with zero attached hydrogens (tertiary/aromatic N) is 5. The molecule has 0 aliphatic rings. The van der Waals surface area contributed by atoms with Crippen molar-refractivity contribution in [3.8, 4) is 11.4 Å². The van der Waals surface area contributed by atoms with Crippen LogP contribution in [0.1, 0.15) is 11.3 Å². The van der Waals surface area contributed by atoms with E-state index in [4.69, 9.17) is 0 Å². The second-order valence-corrected chi connectivity index (χ2v) is 6.07. The third-order valence-corrected chi connectivity index (χ3v) is 4.23. The van der Waals surface area contributed by atoms with Crippen LogP contribution in [0.25, 0.3) is 17.2 Å². The fourth-order valence-corrected chi connectivity index (χ4v) is 3.16. The molecule has 0 saturated heterocycles. The zero-order chi connectivity index (χ0) is 15.8. The number of thiazole rings is 1. The zero-order valence-corrected chi connectivity index (χ0v) is 15.6. The Morgan fingerprint density at radius 1 is 1.12 bits per heavy atom. The van der Waals surface area contributed by atoms with Crippen molar-refractivity contribution in [2.45, 2.75) is 13.8 Å². The molecule has 6 nitrogen and oxygen atoms in total. The molecule has 4 rings (SSSR count). The van der Waals surface area contributed by atoms with Crippen molar-refractivity contribution in [1.29, 1.82) is 0 Å². The lowest BCUT2D eigenvalue weighted by Gasteiger charge is -2.02. The number of hydrogen-bond acceptors (Lipinski definition) is 6. The number of halogens is 1. The Bertz CT molecular complexity index is 993. The van der Waals surface area contributed by atoms with Gasteiger partial charge in [0.1, 0.15) is 11.5 Å². The number of aromatic nitrogens is 5. The van der Waals surface area contributed by atoms with Gasteiger partial charge >= 0.3 is 0 Å². The van der Waals surface area contributed by atoms with Crippen LogP contribution in [0, 0.1) is 13.8 Å². The van der Waals surface area contributed by atoms with E-state index in [2.05, 4.69) is 25.3 Å². The predicted octanol–water partition coefficient (Wildman–Crippen LogP) is 4.19. The van der Waals surface area contributed by atoms with Crippen LogP contribution in [0.15, 0.2) is 42.2 Å². The summed E-state index contributed by atoms with van der Waals surface area (Å²) in [7, 11) is 0. The van der Waals surface area contributed by atoms with Crippen LogP contribution in [0.3, 0.4) is 0 Å². The summed E-state index contributed by atoms with van der Waals surface area (Å²) in [5, 5.41) is 6.06. The highest BCUT2D eigenvalue weighted by Gasteiger charge is 2.14. The molecule has 122 valence electrons. The van der Waals surface area contributed by atoms with E-state index in [0.29, 0.717) is 5.78 Å². The SMILES string of the molecule is Br.Cc1ccnc(Nc2nc(-c3c(C)nc4ncccn34)cs2)c1. The molecule has 0 aliphatic carbocycles. The van der Waals surface area contributed by atoms with Crippen LogP contribution in [0.4, 0.5) is 10.9 Å². The van der Waals surface area contributed by atoms with Crippen LogP contribution in [-0.4, -0.2) is 24.3 Å². The van der Waals surface area contributed by atoms with Gasteiger partial charge in [0.25, 0.3) is 0 Å². The van der Waals surface area contributed by atoms with Crippen molar-refractivity contribution in [3.63, 3.8) is 0 Å². The van der Waals surface area contributed by atoms with Crippen LogP contribution < -0.4 is 5.32 Å². The number of anilines is 2. The number of pyridine rings is 1. The smallest absolute Gasteiger partial charge is 0.234 e. The maximum absolute atomic E-state index is 4.67. The van der Waals surface area contributed by atoms with E-state index < -0.39 is 0 Å². The summed E-state index contributed by atoms with van der Waals surface area (Å²) in [5.41, 5.74) is 3.91. The topological polar surface area (TPSA) is 68.0 Å². The molecule has 1 N–H and O–H groups in total. The van der Waals surface area contributed by atoms with Gasteiger partial charge in [0.05, 0.1) is 11.4 Å². The van der Waals surface area contributed by atoms with Gasteiger partial charge in [-0.25, -0.2) is 19.9 Å². The summed E-state index contributed by atoms with van der Waals surface area (Å²) in [6.07, 6.45) is 5.47. The van der Waals surface area contributed by atoms with Crippen molar-refractivity contribution < 1.29 is 0 Å². The lowest BCUT2D eigenvalue weighted by atomic mass is 10.3. The minimum atomic E-state index is 0. The fraction of sp³-hybridized carbons (Fsp3) is 0.125. The Hall–Kier alpha value is -2.32. The molecule has 4 aromatic rings. The predicted molar refractivity (Wildman–Crippen MR) is 101 cm³/mol. The van der Waals surface area contributed by atoms with Gasteiger partial charge in [0.2, 0.25) is 5.78 Å². The Morgan fingerprint density at radius 2 is 2.00 bits per heavy atom. The first-order chi connectivity index (χ1) is 11.2. The molecule has 24 heavy (non-hydrogen) atoms. The fourth-order valence-electron chi connectivity index (χ4n) is 2.46. The molecule has 0 fully saturated rings. The monoisotopic (exact) mass is 402 g/mol. The minimum Gasteiger partial charge on any atom is -0.316 e. The Balaban J connectivity index is 0.00000169. The molecule has 8 heteroatoms. The molecular weight excluding hydrogens is 388 g/mol. The van der Waals surface area contributed by atoms with E-state index in [1.54, 1.807) is 23.7 Å². The van der Waals surface area contributed by atoms with Gasteiger partial charge in [-0.2, -0.15) is 0 Å². The van der Waals surface area contributed by atoms with Crippen LogP contribution in [-0.2, 0) is 0 Å². The Morgan fingerprint density at radius 3 is 2.83 bits per heavy atom.